The van der Waals surface area contributed by atoms with E-state index in [0.717, 1.165) is 31.1 Å². The van der Waals surface area contributed by atoms with Crippen molar-refractivity contribution >= 4 is 10.9 Å². The van der Waals surface area contributed by atoms with Crippen LogP contribution in [0.15, 0.2) is 30.5 Å². The van der Waals surface area contributed by atoms with E-state index in [0.29, 0.717) is 0 Å². The molecule has 0 spiro atoms. The molecule has 0 saturated carbocycles. The number of para-hydroxylation sites is 1. The van der Waals surface area contributed by atoms with Crippen LogP contribution in [-0.4, -0.2) is 41.6 Å². The molecule has 3 nitrogen and oxygen atoms in total. The van der Waals surface area contributed by atoms with Crippen molar-refractivity contribution in [1.82, 2.24) is 15.2 Å². The lowest BCUT2D eigenvalue weighted by atomic mass is 9.98. The van der Waals surface area contributed by atoms with Gasteiger partial charge >= 0.3 is 0 Å². The van der Waals surface area contributed by atoms with Gasteiger partial charge in [0.1, 0.15) is 0 Å². The molecule has 2 N–H and O–H groups in total. The average molecular weight is 283 g/mol. The predicted molar refractivity (Wildman–Crippen MR) is 87.6 cm³/mol. The molecule has 3 heterocycles. The molecule has 2 fully saturated rings. The first-order valence-electron chi connectivity index (χ1n) is 8.31. The molecule has 21 heavy (non-hydrogen) atoms. The second-order valence-electron chi connectivity index (χ2n) is 6.78. The third-order valence-electron chi connectivity index (χ3n) is 5.60. The molecular weight excluding hydrogens is 258 g/mol. The summed E-state index contributed by atoms with van der Waals surface area (Å²) in [5.74, 6) is 0. The maximum Gasteiger partial charge on any atom is 0.0456 e. The van der Waals surface area contributed by atoms with Crippen LogP contribution < -0.4 is 5.32 Å². The number of fused-ring (bicyclic) bond motifs is 3. The molecule has 1 aromatic carbocycles. The summed E-state index contributed by atoms with van der Waals surface area (Å²) in [4.78, 5) is 5.98. The van der Waals surface area contributed by atoms with E-state index >= 15 is 0 Å². The Morgan fingerprint density at radius 1 is 1.19 bits per heavy atom. The number of nitrogens with one attached hydrogen (secondary N) is 2. The van der Waals surface area contributed by atoms with Crippen LogP contribution in [0.1, 0.15) is 31.2 Å². The van der Waals surface area contributed by atoms with Crippen LogP contribution in [0.25, 0.3) is 10.9 Å². The number of piperidine rings is 1. The van der Waals surface area contributed by atoms with E-state index in [2.05, 4.69) is 52.7 Å². The van der Waals surface area contributed by atoms with Crippen molar-refractivity contribution in [3.05, 3.63) is 36.0 Å². The summed E-state index contributed by atoms with van der Waals surface area (Å²) in [6.07, 6.45) is 8.77. The summed E-state index contributed by atoms with van der Waals surface area (Å²) in [5, 5.41) is 5.18. The van der Waals surface area contributed by atoms with Crippen molar-refractivity contribution in [3.8, 4) is 0 Å². The summed E-state index contributed by atoms with van der Waals surface area (Å²) in [6, 6.07) is 11.0. The lowest BCUT2D eigenvalue weighted by Crippen LogP contribution is -2.47. The normalized spacial score (nSPS) is 29.3. The fraction of sp³-hybridized carbons (Fsp3) is 0.556. The SMILES string of the molecule is CN1[C@@H]2CC[C@H]1CC(NCCc1c[nH]c3ccccc13)C2. The fourth-order valence-corrected chi connectivity index (χ4v) is 4.33. The van der Waals surface area contributed by atoms with Gasteiger partial charge in [-0.2, -0.15) is 0 Å². The molecule has 1 aromatic heterocycles. The number of aromatic nitrogens is 1. The van der Waals surface area contributed by atoms with Gasteiger partial charge in [0.2, 0.25) is 0 Å². The van der Waals surface area contributed by atoms with Crippen LogP contribution in [0.4, 0.5) is 0 Å². The number of H-pyrrole nitrogens is 1. The zero-order chi connectivity index (χ0) is 14.2. The Hall–Kier alpha value is -1.32. The number of hydrogen-bond donors (Lipinski definition) is 2. The Kier molecular flexibility index (Phi) is 3.48. The van der Waals surface area contributed by atoms with Gasteiger partial charge in [-0.1, -0.05) is 18.2 Å². The Morgan fingerprint density at radius 3 is 2.76 bits per heavy atom. The lowest BCUT2D eigenvalue weighted by Gasteiger charge is -2.36. The van der Waals surface area contributed by atoms with Gasteiger partial charge in [-0.3, -0.25) is 0 Å². The van der Waals surface area contributed by atoms with Crippen molar-refractivity contribution in [2.24, 2.45) is 0 Å². The van der Waals surface area contributed by atoms with Crippen molar-refractivity contribution in [2.75, 3.05) is 13.6 Å². The van der Waals surface area contributed by atoms with E-state index in [1.807, 2.05) is 0 Å². The van der Waals surface area contributed by atoms with Gasteiger partial charge in [-0.25, -0.2) is 0 Å². The second kappa shape index (κ2) is 5.47. The highest BCUT2D eigenvalue weighted by Crippen LogP contribution is 2.34. The van der Waals surface area contributed by atoms with Gasteiger partial charge in [-0.05, 0) is 57.3 Å². The largest absolute Gasteiger partial charge is 0.361 e. The van der Waals surface area contributed by atoms with Crippen molar-refractivity contribution in [2.45, 2.75) is 50.2 Å². The Morgan fingerprint density at radius 2 is 1.95 bits per heavy atom. The quantitative estimate of drug-likeness (QED) is 0.904. The summed E-state index contributed by atoms with van der Waals surface area (Å²) < 4.78 is 0. The van der Waals surface area contributed by atoms with Crippen LogP contribution in [0.3, 0.4) is 0 Å². The van der Waals surface area contributed by atoms with Crippen molar-refractivity contribution in [3.63, 3.8) is 0 Å². The average Bonchev–Trinajstić information content (AvgIpc) is 2.97. The molecular formula is C18H25N3. The van der Waals surface area contributed by atoms with Crippen LogP contribution in [0, 0.1) is 0 Å². The van der Waals surface area contributed by atoms with E-state index in [4.69, 9.17) is 0 Å². The van der Waals surface area contributed by atoms with Crippen molar-refractivity contribution in [1.29, 1.82) is 0 Å². The highest BCUT2D eigenvalue weighted by atomic mass is 15.2. The standard InChI is InChI=1S/C18H25N3/c1-21-15-6-7-16(21)11-14(10-15)19-9-8-13-12-20-18-5-3-2-4-17(13)18/h2-5,12,14-16,19-20H,6-11H2,1H3/t14?,15-,16+. The molecule has 2 saturated heterocycles. The molecule has 2 bridgehead atoms. The molecule has 0 amide bonds. The maximum atomic E-state index is 3.81. The first kappa shape index (κ1) is 13.4. The minimum absolute atomic E-state index is 0.726. The van der Waals surface area contributed by atoms with Gasteiger partial charge in [-0.15, -0.1) is 0 Å². The Balaban J connectivity index is 1.34. The zero-order valence-electron chi connectivity index (χ0n) is 12.8. The molecule has 0 aliphatic carbocycles. The maximum absolute atomic E-state index is 3.81. The topological polar surface area (TPSA) is 31.1 Å². The van der Waals surface area contributed by atoms with Gasteiger partial charge in [0.25, 0.3) is 0 Å². The first-order valence-corrected chi connectivity index (χ1v) is 8.31. The molecule has 3 atom stereocenters. The number of hydrogen-bond acceptors (Lipinski definition) is 2. The van der Waals surface area contributed by atoms with Gasteiger partial charge in [0.05, 0.1) is 0 Å². The van der Waals surface area contributed by atoms with Gasteiger partial charge in [0.15, 0.2) is 0 Å². The van der Waals surface area contributed by atoms with Crippen molar-refractivity contribution < 1.29 is 0 Å². The van der Waals surface area contributed by atoms with Crippen LogP contribution in [-0.2, 0) is 6.42 Å². The molecule has 0 radical (unpaired) electrons. The molecule has 2 aliphatic rings. The summed E-state index contributed by atoms with van der Waals surface area (Å²) in [7, 11) is 2.31. The van der Waals surface area contributed by atoms with Crippen LogP contribution in [0.2, 0.25) is 0 Å². The monoisotopic (exact) mass is 283 g/mol. The molecule has 1 unspecified atom stereocenters. The van der Waals surface area contributed by atoms with Gasteiger partial charge < -0.3 is 15.2 Å². The number of nitrogens with zero attached hydrogens (tertiary/aromatic N) is 1. The van der Waals surface area contributed by atoms with Crippen LogP contribution in [0.5, 0.6) is 0 Å². The molecule has 112 valence electrons. The third-order valence-corrected chi connectivity index (χ3v) is 5.60. The highest BCUT2D eigenvalue weighted by Gasteiger charge is 2.37. The first-order chi connectivity index (χ1) is 10.3. The highest BCUT2D eigenvalue weighted by molar-refractivity contribution is 5.83. The van der Waals surface area contributed by atoms with E-state index in [1.54, 1.807) is 0 Å². The predicted octanol–water partition coefficient (Wildman–Crippen LogP) is 2.93. The summed E-state index contributed by atoms with van der Waals surface area (Å²) in [6.45, 7) is 1.09. The molecule has 2 aromatic rings. The molecule has 4 rings (SSSR count). The van der Waals surface area contributed by atoms with E-state index in [-0.39, 0.29) is 0 Å². The van der Waals surface area contributed by atoms with Gasteiger partial charge in [0, 0.05) is 35.2 Å². The van der Waals surface area contributed by atoms with Crippen LogP contribution >= 0.6 is 0 Å². The van der Waals surface area contributed by atoms with E-state index < -0.39 is 0 Å². The fourth-order valence-electron chi connectivity index (χ4n) is 4.33. The van der Waals surface area contributed by atoms with E-state index in [9.17, 15) is 0 Å². The zero-order valence-corrected chi connectivity index (χ0v) is 12.8. The summed E-state index contributed by atoms with van der Waals surface area (Å²) in [5.41, 5.74) is 2.69. The Labute approximate surface area is 126 Å². The number of benzene rings is 1. The molecule has 2 aliphatic heterocycles. The number of aromatic amines is 1. The summed E-state index contributed by atoms with van der Waals surface area (Å²) >= 11 is 0. The smallest absolute Gasteiger partial charge is 0.0456 e. The van der Waals surface area contributed by atoms with E-state index in [1.165, 1.54) is 42.1 Å². The Bertz CT molecular complexity index is 604. The third kappa shape index (κ3) is 2.49. The molecule has 3 heteroatoms. The minimum atomic E-state index is 0.726. The second-order valence-corrected chi connectivity index (χ2v) is 6.78. The minimum Gasteiger partial charge on any atom is -0.361 e. The lowest BCUT2D eigenvalue weighted by molar-refractivity contribution is 0.149. The number of rotatable bonds is 4.